The maximum atomic E-state index is 3.71. The number of rotatable bonds is 5. The third kappa shape index (κ3) is 4.60. The summed E-state index contributed by atoms with van der Waals surface area (Å²) in [6.07, 6.45) is 4.16. The van der Waals surface area contributed by atoms with Gasteiger partial charge in [0.15, 0.2) is 0 Å². The van der Waals surface area contributed by atoms with E-state index in [1.54, 1.807) is 0 Å². The van der Waals surface area contributed by atoms with Crippen LogP contribution in [-0.4, -0.2) is 29.9 Å². The molecule has 1 saturated heterocycles. The largest absolute Gasteiger partial charge is 0.303 e. The highest BCUT2D eigenvalue weighted by atomic mass is 79.9. The van der Waals surface area contributed by atoms with Gasteiger partial charge in [-0.3, -0.25) is 0 Å². The van der Waals surface area contributed by atoms with E-state index in [0.717, 1.165) is 17.2 Å². The number of nitrogens with zero attached hydrogens (tertiary/aromatic N) is 1. The second-order valence-corrected chi connectivity index (χ2v) is 7.14. The number of hydrogen-bond donors (Lipinski definition) is 0. The van der Waals surface area contributed by atoms with Gasteiger partial charge in [0, 0.05) is 17.8 Å². The summed E-state index contributed by atoms with van der Waals surface area (Å²) in [5.74, 6) is 2.39. The molecule has 0 saturated carbocycles. The van der Waals surface area contributed by atoms with Gasteiger partial charge in [-0.05, 0) is 49.8 Å². The normalized spacial score (nSPS) is 22.7. The molecule has 1 aromatic rings. The van der Waals surface area contributed by atoms with Crippen LogP contribution in [-0.2, 0) is 0 Å². The summed E-state index contributed by atoms with van der Waals surface area (Å²) in [4.78, 5) is 2.68. The van der Waals surface area contributed by atoms with Gasteiger partial charge in [0.25, 0.3) is 0 Å². The second kappa shape index (κ2) is 8.19. The van der Waals surface area contributed by atoms with Gasteiger partial charge >= 0.3 is 0 Å². The zero-order valence-corrected chi connectivity index (χ0v) is 14.5. The SMILES string of the molecule is CC(C)C1CCCN(CC(CBr)c2ccccc2)CC1. The molecule has 112 valence electrons. The molecular formula is C18H28BrN. The third-order valence-corrected chi connectivity index (χ3v) is 5.53. The van der Waals surface area contributed by atoms with E-state index < -0.39 is 0 Å². The summed E-state index contributed by atoms with van der Waals surface area (Å²) in [7, 11) is 0. The smallest absolute Gasteiger partial charge is 0.0112 e. The van der Waals surface area contributed by atoms with Gasteiger partial charge in [0.05, 0.1) is 0 Å². The molecule has 20 heavy (non-hydrogen) atoms. The van der Waals surface area contributed by atoms with Crippen LogP contribution in [0.5, 0.6) is 0 Å². The summed E-state index contributed by atoms with van der Waals surface area (Å²) >= 11 is 3.71. The fourth-order valence-corrected chi connectivity index (χ4v) is 3.89. The van der Waals surface area contributed by atoms with Gasteiger partial charge in [-0.25, -0.2) is 0 Å². The Bertz CT molecular complexity index is 376. The van der Waals surface area contributed by atoms with Crippen molar-refractivity contribution in [1.29, 1.82) is 0 Å². The maximum absolute atomic E-state index is 3.71. The topological polar surface area (TPSA) is 3.24 Å². The summed E-state index contributed by atoms with van der Waals surface area (Å²) in [5.41, 5.74) is 1.47. The van der Waals surface area contributed by atoms with E-state index in [1.807, 2.05) is 0 Å². The Morgan fingerprint density at radius 1 is 1.15 bits per heavy atom. The van der Waals surface area contributed by atoms with Crippen molar-refractivity contribution < 1.29 is 0 Å². The molecule has 1 aliphatic heterocycles. The van der Waals surface area contributed by atoms with Gasteiger partial charge in [0.2, 0.25) is 0 Å². The van der Waals surface area contributed by atoms with Crippen LogP contribution in [0.2, 0.25) is 0 Å². The molecule has 0 aromatic heterocycles. The summed E-state index contributed by atoms with van der Waals surface area (Å²) < 4.78 is 0. The summed E-state index contributed by atoms with van der Waals surface area (Å²) in [6.45, 7) is 8.51. The molecule has 2 rings (SSSR count). The van der Waals surface area contributed by atoms with Crippen molar-refractivity contribution in [3.8, 4) is 0 Å². The van der Waals surface area contributed by atoms with Crippen LogP contribution >= 0.6 is 15.9 Å². The lowest BCUT2D eigenvalue weighted by Gasteiger charge is -2.26. The molecular weight excluding hydrogens is 310 g/mol. The van der Waals surface area contributed by atoms with E-state index >= 15 is 0 Å². The molecule has 0 radical (unpaired) electrons. The van der Waals surface area contributed by atoms with Crippen LogP contribution in [0.4, 0.5) is 0 Å². The van der Waals surface area contributed by atoms with Crippen molar-refractivity contribution in [2.45, 2.75) is 39.0 Å². The van der Waals surface area contributed by atoms with Crippen LogP contribution in [0, 0.1) is 11.8 Å². The predicted molar refractivity (Wildman–Crippen MR) is 91.6 cm³/mol. The first-order chi connectivity index (χ1) is 9.70. The minimum Gasteiger partial charge on any atom is -0.303 e. The Balaban J connectivity index is 1.91. The van der Waals surface area contributed by atoms with Crippen LogP contribution in [0.1, 0.15) is 44.6 Å². The standard InChI is InChI=1S/C18H28BrN/c1-15(2)16-9-6-11-20(12-10-16)14-18(13-19)17-7-4-3-5-8-17/h3-5,7-8,15-16,18H,6,9-14H2,1-2H3. The quantitative estimate of drug-likeness (QED) is 0.689. The van der Waals surface area contributed by atoms with Crippen molar-refractivity contribution in [3.05, 3.63) is 35.9 Å². The Hall–Kier alpha value is -0.340. The van der Waals surface area contributed by atoms with E-state index in [9.17, 15) is 0 Å². The summed E-state index contributed by atoms with van der Waals surface area (Å²) in [6, 6.07) is 10.9. The van der Waals surface area contributed by atoms with Gasteiger partial charge in [0.1, 0.15) is 0 Å². The lowest BCUT2D eigenvalue weighted by Crippen LogP contribution is -2.30. The second-order valence-electron chi connectivity index (χ2n) is 6.50. The van der Waals surface area contributed by atoms with E-state index in [1.165, 1.54) is 44.5 Å². The van der Waals surface area contributed by atoms with E-state index in [0.29, 0.717) is 5.92 Å². The minimum atomic E-state index is 0.617. The predicted octanol–water partition coefficient (Wildman–Crippen LogP) is 4.92. The van der Waals surface area contributed by atoms with Crippen LogP contribution in [0.3, 0.4) is 0 Å². The van der Waals surface area contributed by atoms with Gasteiger partial charge in [-0.1, -0.05) is 60.1 Å². The monoisotopic (exact) mass is 337 g/mol. The molecule has 1 nitrogen and oxygen atoms in total. The van der Waals surface area contributed by atoms with Crippen molar-refractivity contribution >= 4 is 15.9 Å². The molecule has 0 amide bonds. The van der Waals surface area contributed by atoms with Crippen molar-refractivity contribution in [3.63, 3.8) is 0 Å². The van der Waals surface area contributed by atoms with Gasteiger partial charge in [-0.2, -0.15) is 0 Å². The van der Waals surface area contributed by atoms with Crippen molar-refractivity contribution in [1.82, 2.24) is 4.90 Å². The minimum absolute atomic E-state index is 0.617. The molecule has 0 aliphatic carbocycles. The molecule has 2 unspecified atom stereocenters. The number of likely N-dealkylation sites (tertiary alicyclic amines) is 1. The first-order valence-corrected chi connectivity index (χ1v) is 9.16. The third-order valence-electron chi connectivity index (χ3n) is 4.74. The molecule has 1 aliphatic rings. The lowest BCUT2D eigenvalue weighted by atomic mass is 9.89. The first kappa shape index (κ1) is 16.0. The van der Waals surface area contributed by atoms with Crippen LogP contribution < -0.4 is 0 Å². The zero-order chi connectivity index (χ0) is 14.4. The van der Waals surface area contributed by atoms with E-state index in [-0.39, 0.29) is 0 Å². The molecule has 1 fully saturated rings. The molecule has 2 heteroatoms. The number of halogens is 1. The Labute approximate surface area is 132 Å². The highest BCUT2D eigenvalue weighted by Crippen LogP contribution is 2.26. The maximum Gasteiger partial charge on any atom is 0.0112 e. The Kier molecular flexibility index (Phi) is 6.57. The van der Waals surface area contributed by atoms with E-state index in [4.69, 9.17) is 0 Å². The molecule has 1 heterocycles. The van der Waals surface area contributed by atoms with E-state index in [2.05, 4.69) is 65.0 Å². The molecule has 2 atom stereocenters. The average molecular weight is 338 g/mol. The molecule has 0 N–H and O–H groups in total. The highest BCUT2D eigenvalue weighted by molar-refractivity contribution is 9.09. The van der Waals surface area contributed by atoms with Gasteiger partial charge < -0.3 is 4.90 Å². The average Bonchev–Trinajstić information content (AvgIpc) is 2.71. The highest BCUT2D eigenvalue weighted by Gasteiger charge is 2.21. The molecule has 1 aromatic carbocycles. The first-order valence-electron chi connectivity index (χ1n) is 8.04. The Morgan fingerprint density at radius 3 is 2.55 bits per heavy atom. The zero-order valence-electron chi connectivity index (χ0n) is 12.9. The van der Waals surface area contributed by atoms with Crippen LogP contribution in [0.25, 0.3) is 0 Å². The number of alkyl halides is 1. The van der Waals surface area contributed by atoms with Gasteiger partial charge in [-0.15, -0.1) is 0 Å². The molecule has 0 bridgehead atoms. The molecule has 0 spiro atoms. The van der Waals surface area contributed by atoms with Crippen molar-refractivity contribution in [2.75, 3.05) is 25.0 Å². The fraction of sp³-hybridized carbons (Fsp3) is 0.667. The number of benzene rings is 1. The van der Waals surface area contributed by atoms with Crippen LogP contribution in [0.15, 0.2) is 30.3 Å². The Morgan fingerprint density at radius 2 is 1.90 bits per heavy atom. The van der Waals surface area contributed by atoms with Crippen molar-refractivity contribution in [2.24, 2.45) is 11.8 Å². The summed E-state index contributed by atoms with van der Waals surface area (Å²) in [5, 5.41) is 1.06. The lowest BCUT2D eigenvalue weighted by molar-refractivity contribution is 0.262. The fourth-order valence-electron chi connectivity index (χ4n) is 3.31. The number of hydrogen-bond acceptors (Lipinski definition) is 1.